The molecule has 0 bridgehead atoms. The maximum absolute atomic E-state index is 13.5. The Morgan fingerprint density at radius 3 is 2.87 bits per heavy atom. The fourth-order valence-electron chi connectivity index (χ4n) is 1.96. The van der Waals surface area contributed by atoms with Crippen LogP contribution in [0.4, 0.5) is 8.78 Å². The molecule has 0 radical (unpaired) electrons. The van der Waals surface area contributed by atoms with Crippen LogP contribution in [0.5, 0.6) is 0 Å². The number of nitrogens with one attached hydrogen (secondary N) is 1. The number of hydrogen-bond donors (Lipinski definition) is 1. The topological polar surface area (TPSA) is 12.0 Å². The van der Waals surface area contributed by atoms with Crippen molar-refractivity contribution < 1.29 is 8.78 Å². The summed E-state index contributed by atoms with van der Waals surface area (Å²) in [5.41, 5.74) is 0.383. The normalized spacial score (nSPS) is 20.9. The lowest BCUT2D eigenvalue weighted by Gasteiger charge is -2.10. The van der Waals surface area contributed by atoms with E-state index < -0.39 is 11.6 Å². The molecule has 1 atom stereocenters. The third-order valence-corrected chi connectivity index (χ3v) is 3.01. The second-order valence-corrected chi connectivity index (χ2v) is 4.33. The van der Waals surface area contributed by atoms with Crippen molar-refractivity contribution in [2.75, 3.05) is 13.1 Å². The Hall–Kier alpha value is -0.670. The van der Waals surface area contributed by atoms with Crippen molar-refractivity contribution in [1.29, 1.82) is 0 Å². The van der Waals surface area contributed by atoms with Crippen molar-refractivity contribution in [3.8, 4) is 0 Å². The van der Waals surface area contributed by atoms with E-state index in [-0.39, 0.29) is 5.02 Å². The van der Waals surface area contributed by atoms with Crippen LogP contribution in [0.25, 0.3) is 0 Å². The summed E-state index contributed by atoms with van der Waals surface area (Å²) in [6, 6.07) is 2.24. The second-order valence-electron chi connectivity index (χ2n) is 3.92. The molecule has 1 fully saturated rings. The van der Waals surface area contributed by atoms with Gasteiger partial charge in [0.2, 0.25) is 0 Å². The van der Waals surface area contributed by atoms with E-state index in [0.717, 1.165) is 25.6 Å². The molecule has 1 aromatic rings. The molecule has 2 rings (SSSR count). The van der Waals surface area contributed by atoms with Crippen LogP contribution in [0.1, 0.15) is 12.0 Å². The van der Waals surface area contributed by atoms with Crippen LogP contribution in [-0.2, 0) is 6.42 Å². The van der Waals surface area contributed by atoms with Gasteiger partial charge in [-0.25, -0.2) is 8.78 Å². The lowest BCUT2D eigenvalue weighted by molar-refractivity contribution is 0.535. The molecule has 1 nitrogen and oxygen atoms in total. The molecule has 0 amide bonds. The van der Waals surface area contributed by atoms with E-state index in [1.54, 1.807) is 0 Å². The van der Waals surface area contributed by atoms with Crippen LogP contribution >= 0.6 is 11.6 Å². The maximum Gasteiger partial charge on any atom is 0.145 e. The summed E-state index contributed by atoms with van der Waals surface area (Å²) in [6.45, 7) is 1.82. The molecule has 1 unspecified atom stereocenters. The summed E-state index contributed by atoms with van der Waals surface area (Å²) in [5.74, 6) is -0.565. The average Bonchev–Trinajstić information content (AvgIpc) is 2.66. The molecular formula is C11H12ClF2N. The van der Waals surface area contributed by atoms with Gasteiger partial charge < -0.3 is 5.32 Å². The minimum absolute atomic E-state index is 0.129. The highest BCUT2D eigenvalue weighted by Gasteiger charge is 2.18. The minimum Gasteiger partial charge on any atom is -0.316 e. The van der Waals surface area contributed by atoms with Gasteiger partial charge in [-0.15, -0.1) is 0 Å². The first-order valence-corrected chi connectivity index (χ1v) is 5.39. The van der Waals surface area contributed by atoms with Crippen molar-refractivity contribution in [3.05, 3.63) is 34.4 Å². The zero-order chi connectivity index (χ0) is 10.8. The van der Waals surface area contributed by atoms with Gasteiger partial charge in [-0.05, 0) is 49.5 Å². The molecule has 0 aliphatic carbocycles. The first kappa shape index (κ1) is 10.8. The van der Waals surface area contributed by atoms with Gasteiger partial charge in [0.05, 0.1) is 5.02 Å². The molecule has 1 aliphatic heterocycles. The molecule has 0 spiro atoms. The number of benzene rings is 1. The van der Waals surface area contributed by atoms with Crippen LogP contribution in [0.3, 0.4) is 0 Å². The Morgan fingerprint density at radius 2 is 2.20 bits per heavy atom. The zero-order valence-electron chi connectivity index (χ0n) is 8.19. The third-order valence-electron chi connectivity index (χ3n) is 2.74. The van der Waals surface area contributed by atoms with E-state index in [1.165, 1.54) is 6.07 Å². The van der Waals surface area contributed by atoms with E-state index in [4.69, 9.17) is 11.6 Å². The highest BCUT2D eigenvalue weighted by Crippen LogP contribution is 2.24. The van der Waals surface area contributed by atoms with E-state index in [1.807, 2.05) is 0 Å². The van der Waals surface area contributed by atoms with E-state index in [9.17, 15) is 8.78 Å². The molecule has 1 saturated heterocycles. The lowest BCUT2D eigenvalue weighted by Crippen LogP contribution is -2.11. The Labute approximate surface area is 92.4 Å². The fraction of sp³-hybridized carbons (Fsp3) is 0.455. The predicted molar refractivity (Wildman–Crippen MR) is 56.0 cm³/mol. The minimum atomic E-state index is -0.482. The van der Waals surface area contributed by atoms with Gasteiger partial charge in [-0.3, -0.25) is 0 Å². The average molecular weight is 232 g/mol. The van der Waals surface area contributed by atoms with Gasteiger partial charge in [0.25, 0.3) is 0 Å². The molecule has 1 aromatic carbocycles. The predicted octanol–water partition coefficient (Wildman–Crippen LogP) is 2.77. The van der Waals surface area contributed by atoms with Crippen LogP contribution in [0.2, 0.25) is 5.02 Å². The van der Waals surface area contributed by atoms with Gasteiger partial charge >= 0.3 is 0 Å². The smallest absolute Gasteiger partial charge is 0.145 e. The van der Waals surface area contributed by atoms with Crippen LogP contribution < -0.4 is 5.32 Å². The van der Waals surface area contributed by atoms with E-state index >= 15 is 0 Å². The van der Waals surface area contributed by atoms with Crippen LogP contribution in [-0.4, -0.2) is 13.1 Å². The van der Waals surface area contributed by atoms with Gasteiger partial charge in [-0.1, -0.05) is 11.6 Å². The van der Waals surface area contributed by atoms with Crippen molar-refractivity contribution in [1.82, 2.24) is 5.32 Å². The summed E-state index contributed by atoms with van der Waals surface area (Å²) in [6.07, 6.45) is 1.56. The number of hydrogen-bond acceptors (Lipinski definition) is 1. The molecule has 15 heavy (non-hydrogen) atoms. The first-order chi connectivity index (χ1) is 7.16. The zero-order valence-corrected chi connectivity index (χ0v) is 8.95. The molecule has 0 aromatic heterocycles. The van der Waals surface area contributed by atoms with Gasteiger partial charge in [0.1, 0.15) is 11.6 Å². The van der Waals surface area contributed by atoms with E-state index in [0.29, 0.717) is 17.9 Å². The van der Waals surface area contributed by atoms with Crippen LogP contribution in [0, 0.1) is 17.6 Å². The summed E-state index contributed by atoms with van der Waals surface area (Å²) in [5, 5.41) is 3.06. The molecule has 1 aliphatic rings. The Kier molecular flexibility index (Phi) is 3.22. The summed E-state index contributed by atoms with van der Waals surface area (Å²) >= 11 is 5.57. The van der Waals surface area contributed by atoms with Gasteiger partial charge in [0, 0.05) is 0 Å². The molecular weight excluding hydrogens is 220 g/mol. The standard InChI is InChI=1S/C11H12ClF2N/c12-10-5-9(13)4-8(11(10)14)3-7-1-2-15-6-7/h4-5,7,15H,1-3,6H2. The SMILES string of the molecule is Fc1cc(Cl)c(F)c(CC2CCNC2)c1. The molecule has 4 heteroatoms. The highest BCUT2D eigenvalue weighted by atomic mass is 35.5. The number of halogens is 3. The van der Waals surface area contributed by atoms with Crippen molar-refractivity contribution in [3.63, 3.8) is 0 Å². The van der Waals surface area contributed by atoms with Crippen molar-refractivity contribution in [2.45, 2.75) is 12.8 Å². The first-order valence-electron chi connectivity index (χ1n) is 5.01. The highest BCUT2D eigenvalue weighted by molar-refractivity contribution is 6.30. The summed E-state index contributed by atoms with van der Waals surface area (Å²) < 4.78 is 26.5. The molecule has 82 valence electrons. The lowest BCUT2D eigenvalue weighted by atomic mass is 9.98. The van der Waals surface area contributed by atoms with E-state index in [2.05, 4.69) is 5.32 Å². The van der Waals surface area contributed by atoms with Gasteiger partial charge in [-0.2, -0.15) is 0 Å². The molecule has 1 heterocycles. The quantitative estimate of drug-likeness (QED) is 0.772. The van der Waals surface area contributed by atoms with Crippen molar-refractivity contribution in [2.24, 2.45) is 5.92 Å². The Balaban J connectivity index is 2.19. The Bertz CT molecular complexity index is 362. The monoisotopic (exact) mass is 231 g/mol. The van der Waals surface area contributed by atoms with Gasteiger partial charge in [0.15, 0.2) is 0 Å². The summed E-state index contributed by atoms with van der Waals surface area (Å²) in [7, 11) is 0. The maximum atomic E-state index is 13.5. The van der Waals surface area contributed by atoms with Crippen LogP contribution in [0.15, 0.2) is 12.1 Å². The number of rotatable bonds is 2. The molecule has 1 N–H and O–H groups in total. The third kappa shape index (κ3) is 2.47. The largest absolute Gasteiger partial charge is 0.316 e. The Morgan fingerprint density at radius 1 is 1.40 bits per heavy atom. The second kappa shape index (κ2) is 4.45. The fourth-order valence-corrected chi connectivity index (χ4v) is 2.18. The summed E-state index contributed by atoms with van der Waals surface area (Å²) in [4.78, 5) is 0. The molecule has 0 saturated carbocycles. The van der Waals surface area contributed by atoms with Crippen molar-refractivity contribution >= 4 is 11.6 Å².